The van der Waals surface area contributed by atoms with Gasteiger partial charge < -0.3 is 10.2 Å². The average molecular weight is 477 g/mol. The van der Waals surface area contributed by atoms with Crippen molar-refractivity contribution in [2.75, 3.05) is 0 Å². The molecule has 0 unspecified atom stereocenters. The third-order valence-corrected chi connectivity index (χ3v) is 6.80. The van der Waals surface area contributed by atoms with Gasteiger partial charge in [0, 0.05) is 21.9 Å². The molecule has 0 bridgehead atoms. The molecule has 0 aliphatic heterocycles. The summed E-state index contributed by atoms with van der Waals surface area (Å²) in [7, 11) is 0. The van der Waals surface area contributed by atoms with Crippen molar-refractivity contribution >= 4 is 21.8 Å². The molecule has 0 saturated heterocycles. The fourth-order valence-electron chi connectivity index (χ4n) is 4.48. The average Bonchev–Trinajstić information content (AvgIpc) is 2.82. The number of pyridine rings is 2. The molecule has 2 aromatic heterocycles. The summed E-state index contributed by atoms with van der Waals surface area (Å²) in [6.07, 6.45) is 0. The Kier molecular flexibility index (Phi) is 5.51. The molecule has 5 rings (SSSR count). The Labute approximate surface area is 212 Å². The lowest BCUT2D eigenvalue weighted by Crippen LogP contribution is -2.11. The summed E-state index contributed by atoms with van der Waals surface area (Å²) in [5.74, 6) is 0.403. The molecule has 182 valence electrons. The van der Waals surface area contributed by atoms with Crippen molar-refractivity contribution in [1.82, 2.24) is 9.97 Å². The van der Waals surface area contributed by atoms with Gasteiger partial charge in [-0.3, -0.25) is 0 Å². The zero-order chi connectivity index (χ0) is 25.8. The maximum atomic E-state index is 10.7. The van der Waals surface area contributed by atoms with Crippen LogP contribution in [-0.2, 0) is 10.8 Å². The second-order valence-corrected chi connectivity index (χ2v) is 11.6. The Morgan fingerprint density at radius 3 is 1.22 bits per heavy atom. The first-order chi connectivity index (χ1) is 16.9. The molecule has 0 aliphatic rings. The number of fused-ring (bicyclic) bond motifs is 3. The van der Waals surface area contributed by atoms with E-state index in [1.54, 1.807) is 12.1 Å². The molecule has 0 radical (unpaired) electrons. The predicted molar refractivity (Wildman–Crippen MR) is 149 cm³/mol. The minimum absolute atomic E-state index is 0.0496. The van der Waals surface area contributed by atoms with Gasteiger partial charge >= 0.3 is 0 Å². The van der Waals surface area contributed by atoms with Gasteiger partial charge in [-0.2, -0.15) is 0 Å². The molecule has 0 fully saturated rings. The van der Waals surface area contributed by atoms with Crippen LogP contribution >= 0.6 is 0 Å². The molecule has 4 heteroatoms. The smallest absolute Gasteiger partial charge is 0.124 e. The number of aromatic hydroxyl groups is 2. The van der Waals surface area contributed by atoms with Crippen molar-refractivity contribution in [3.8, 4) is 34.0 Å². The zero-order valence-corrected chi connectivity index (χ0v) is 21.7. The SMILES string of the molecule is CC(C)(C)c1ccc(O)c(-c2ccc3ccc4ccc(-c5cc(C(C)(C)C)ccc5O)nc4c3n2)c1. The number of phenolic OH excluding ortho intramolecular Hbond substituents is 2. The third kappa shape index (κ3) is 4.28. The fraction of sp³-hybridized carbons (Fsp3) is 0.250. The first-order valence-corrected chi connectivity index (χ1v) is 12.3. The van der Waals surface area contributed by atoms with Gasteiger partial charge in [-0.15, -0.1) is 0 Å². The summed E-state index contributed by atoms with van der Waals surface area (Å²) < 4.78 is 0. The van der Waals surface area contributed by atoms with Crippen molar-refractivity contribution in [3.63, 3.8) is 0 Å². The molecule has 0 atom stereocenters. The van der Waals surface area contributed by atoms with Gasteiger partial charge in [0.15, 0.2) is 0 Å². The second-order valence-electron chi connectivity index (χ2n) is 11.6. The van der Waals surface area contributed by atoms with Crippen LogP contribution in [0.1, 0.15) is 52.7 Å². The highest BCUT2D eigenvalue weighted by Crippen LogP contribution is 2.37. The van der Waals surface area contributed by atoms with Gasteiger partial charge in [-0.05, 0) is 58.4 Å². The van der Waals surface area contributed by atoms with Crippen molar-refractivity contribution < 1.29 is 10.2 Å². The molecule has 2 heterocycles. The van der Waals surface area contributed by atoms with Gasteiger partial charge in [0.1, 0.15) is 11.5 Å². The Hall–Kier alpha value is -3.92. The van der Waals surface area contributed by atoms with Gasteiger partial charge in [0.05, 0.1) is 22.4 Å². The van der Waals surface area contributed by atoms with Crippen LogP contribution in [0.25, 0.3) is 44.3 Å². The Morgan fingerprint density at radius 1 is 0.500 bits per heavy atom. The number of hydrogen-bond donors (Lipinski definition) is 2. The molecular formula is C32H32N2O2. The van der Waals surface area contributed by atoms with E-state index in [2.05, 4.69) is 41.5 Å². The van der Waals surface area contributed by atoms with E-state index in [9.17, 15) is 10.2 Å². The standard InChI is InChI=1S/C32H32N2O2/c1-31(2,3)21-11-15-27(35)23(17-21)25-13-9-19-7-8-20-10-14-26(34-30(20)29(19)33-25)24-18-22(32(4,5)6)12-16-28(24)36/h7-18,35-36H,1-6H3. The van der Waals surface area contributed by atoms with Gasteiger partial charge in [-0.25, -0.2) is 9.97 Å². The number of nitrogens with zero attached hydrogens (tertiary/aromatic N) is 2. The Bertz CT molecular complexity index is 1500. The molecule has 3 aromatic carbocycles. The highest BCUT2D eigenvalue weighted by atomic mass is 16.3. The number of hydrogen-bond acceptors (Lipinski definition) is 4. The van der Waals surface area contributed by atoms with Crippen molar-refractivity contribution in [3.05, 3.63) is 83.9 Å². The molecule has 0 saturated carbocycles. The minimum atomic E-state index is -0.0496. The van der Waals surface area contributed by atoms with Gasteiger partial charge in [0.25, 0.3) is 0 Å². The van der Waals surface area contributed by atoms with Crippen LogP contribution in [0.4, 0.5) is 0 Å². The normalized spacial score (nSPS) is 12.4. The van der Waals surface area contributed by atoms with E-state index in [1.165, 1.54) is 0 Å². The van der Waals surface area contributed by atoms with Crippen molar-refractivity contribution in [2.45, 2.75) is 52.4 Å². The molecule has 36 heavy (non-hydrogen) atoms. The first kappa shape index (κ1) is 23.8. The van der Waals surface area contributed by atoms with E-state index in [4.69, 9.17) is 9.97 Å². The maximum Gasteiger partial charge on any atom is 0.124 e. The largest absolute Gasteiger partial charge is 0.507 e. The van der Waals surface area contributed by atoms with Gasteiger partial charge in [-0.1, -0.05) is 77.9 Å². The monoisotopic (exact) mass is 476 g/mol. The lowest BCUT2D eigenvalue weighted by atomic mass is 9.85. The number of rotatable bonds is 2. The van der Waals surface area contributed by atoms with E-state index in [0.29, 0.717) is 22.5 Å². The zero-order valence-electron chi connectivity index (χ0n) is 21.7. The molecule has 0 aliphatic carbocycles. The van der Waals surface area contributed by atoms with Crippen LogP contribution in [0, 0.1) is 0 Å². The lowest BCUT2D eigenvalue weighted by Gasteiger charge is -2.20. The number of phenols is 2. The van der Waals surface area contributed by atoms with E-state index in [1.807, 2.05) is 60.7 Å². The van der Waals surface area contributed by atoms with Crippen LogP contribution in [0.15, 0.2) is 72.8 Å². The van der Waals surface area contributed by atoms with Crippen LogP contribution in [-0.4, -0.2) is 20.2 Å². The summed E-state index contributed by atoms with van der Waals surface area (Å²) in [5, 5.41) is 23.3. The summed E-state index contributed by atoms with van der Waals surface area (Å²) >= 11 is 0. The van der Waals surface area contributed by atoms with Crippen molar-refractivity contribution in [1.29, 1.82) is 0 Å². The summed E-state index contributed by atoms with van der Waals surface area (Å²) in [6.45, 7) is 12.9. The molecule has 0 amide bonds. The second kappa shape index (κ2) is 8.34. The third-order valence-electron chi connectivity index (χ3n) is 6.80. The fourth-order valence-corrected chi connectivity index (χ4v) is 4.48. The highest BCUT2D eigenvalue weighted by molar-refractivity contribution is 6.04. The van der Waals surface area contributed by atoms with Crippen LogP contribution in [0.5, 0.6) is 11.5 Å². The highest BCUT2D eigenvalue weighted by Gasteiger charge is 2.19. The van der Waals surface area contributed by atoms with E-state index >= 15 is 0 Å². The minimum Gasteiger partial charge on any atom is -0.507 e. The molecule has 0 spiro atoms. The lowest BCUT2D eigenvalue weighted by molar-refractivity contribution is 0.475. The summed E-state index contributed by atoms with van der Waals surface area (Å²) in [4.78, 5) is 9.97. The predicted octanol–water partition coefficient (Wildman–Crippen LogP) is 8.12. The van der Waals surface area contributed by atoms with Gasteiger partial charge in [0.2, 0.25) is 0 Å². The van der Waals surface area contributed by atoms with E-state index in [-0.39, 0.29) is 22.3 Å². The first-order valence-electron chi connectivity index (χ1n) is 12.3. The van der Waals surface area contributed by atoms with Crippen molar-refractivity contribution in [2.24, 2.45) is 0 Å². The Balaban J connectivity index is 1.72. The molecular weight excluding hydrogens is 444 g/mol. The molecule has 5 aromatic rings. The van der Waals surface area contributed by atoms with Crippen LogP contribution in [0.3, 0.4) is 0 Å². The number of aromatic nitrogens is 2. The summed E-state index contributed by atoms with van der Waals surface area (Å²) in [5.41, 5.74) is 6.48. The van der Waals surface area contributed by atoms with E-state index < -0.39 is 0 Å². The van der Waals surface area contributed by atoms with Crippen LogP contribution < -0.4 is 0 Å². The van der Waals surface area contributed by atoms with E-state index in [0.717, 1.165) is 32.9 Å². The maximum absolute atomic E-state index is 10.7. The number of benzene rings is 3. The van der Waals surface area contributed by atoms with Crippen LogP contribution in [0.2, 0.25) is 0 Å². The topological polar surface area (TPSA) is 66.2 Å². The molecule has 2 N–H and O–H groups in total. The summed E-state index contributed by atoms with van der Waals surface area (Å²) in [6, 6.07) is 23.4. The molecule has 4 nitrogen and oxygen atoms in total. The Morgan fingerprint density at radius 2 is 0.861 bits per heavy atom. The quantitative estimate of drug-likeness (QED) is 0.252.